The minimum Gasteiger partial charge on any atom is -0.484 e. The molecule has 1 amide bonds. The van der Waals surface area contributed by atoms with Crippen LogP contribution in [-0.4, -0.2) is 33.3 Å². The first-order valence-electron chi connectivity index (χ1n) is 7.88. The van der Waals surface area contributed by atoms with E-state index in [-0.39, 0.29) is 23.2 Å². The van der Waals surface area contributed by atoms with Crippen LogP contribution in [0.3, 0.4) is 0 Å². The fourth-order valence-corrected chi connectivity index (χ4v) is 2.69. The summed E-state index contributed by atoms with van der Waals surface area (Å²) in [5.74, 6) is 0.192. The van der Waals surface area contributed by atoms with Crippen molar-refractivity contribution in [2.45, 2.75) is 18.2 Å². The number of hydrogen-bond acceptors (Lipinski definition) is 5. The highest BCUT2D eigenvalue weighted by molar-refractivity contribution is 7.89. The third-order valence-electron chi connectivity index (χ3n) is 3.62. The van der Waals surface area contributed by atoms with Crippen LogP contribution in [0.1, 0.15) is 22.8 Å². The van der Waals surface area contributed by atoms with E-state index in [0.717, 1.165) is 5.56 Å². The van der Waals surface area contributed by atoms with Gasteiger partial charge in [-0.05, 0) is 55.3 Å². The van der Waals surface area contributed by atoms with Crippen LogP contribution in [0.2, 0.25) is 0 Å². The SMILES string of the molecule is CC(=O)c1ccc(OCC(=O)NCCc2ccc(S(N)(=O)=O)cc2)cc1. The molecule has 0 aliphatic rings. The second-order valence-corrected chi connectivity index (χ2v) is 7.22. The second-order valence-electron chi connectivity index (χ2n) is 5.66. The molecule has 0 atom stereocenters. The van der Waals surface area contributed by atoms with Crippen molar-refractivity contribution in [3.05, 3.63) is 59.7 Å². The monoisotopic (exact) mass is 376 g/mol. The van der Waals surface area contributed by atoms with Gasteiger partial charge in [0.1, 0.15) is 5.75 Å². The number of amides is 1. The molecule has 138 valence electrons. The number of ether oxygens (including phenoxy) is 1. The summed E-state index contributed by atoms with van der Waals surface area (Å²) in [6, 6.07) is 12.7. The number of nitrogens with one attached hydrogen (secondary N) is 1. The lowest BCUT2D eigenvalue weighted by Crippen LogP contribution is -2.30. The Morgan fingerprint density at radius 2 is 1.65 bits per heavy atom. The number of rotatable bonds is 8. The molecule has 2 aromatic rings. The zero-order valence-electron chi connectivity index (χ0n) is 14.3. The van der Waals surface area contributed by atoms with Crippen molar-refractivity contribution in [3.63, 3.8) is 0 Å². The lowest BCUT2D eigenvalue weighted by molar-refractivity contribution is -0.123. The van der Waals surface area contributed by atoms with Crippen molar-refractivity contribution < 1.29 is 22.7 Å². The minimum absolute atomic E-state index is 0.0358. The van der Waals surface area contributed by atoms with E-state index in [2.05, 4.69) is 5.32 Å². The van der Waals surface area contributed by atoms with Gasteiger partial charge in [0.15, 0.2) is 12.4 Å². The molecule has 26 heavy (non-hydrogen) atoms. The second kappa shape index (κ2) is 8.59. The van der Waals surface area contributed by atoms with Crippen molar-refractivity contribution in [1.82, 2.24) is 5.32 Å². The van der Waals surface area contributed by atoms with Crippen LogP contribution in [0.15, 0.2) is 53.4 Å². The topological polar surface area (TPSA) is 116 Å². The molecule has 0 bridgehead atoms. The minimum atomic E-state index is -3.70. The highest BCUT2D eigenvalue weighted by atomic mass is 32.2. The molecule has 0 aromatic heterocycles. The number of carbonyl (C=O) groups excluding carboxylic acids is 2. The highest BCUT2D eigenvalue weighted by Crippen LogP contribution is 2.12. The van der Waals surface area contributed by atoms with Gasteiger partial charge in [-0.15, -0.1) is 0 Å². The molecule has 0 aliphatic heterocycles. The number of benzene rings is 2. The Morgan fingerprint density at radius 3 is 2.19 bits per heavy atom. The Hall–Kier alpha value is -2.71. The van der Waals surface area contributed by atoms with E-state index in [4.69, 9.17) is 9.88 Å². The smallest absolute Gasteiger partial charge is 0.257 e. The lowest BCUT2D eigenvalue weighted by atomic mass is 10.1. The van der Waals surface area contributed by atoms with E-state index in [9.17, 15) is 18.0 Å². The van der Waals surface area contributed by atoms with E-state index in [1.165, 1.54) is 19.1 Å². The zero-order valence-corrected chi connectivity index (χ0v) is 15.1. The molecular formula is C18H20N2O5S. The maximum absolute atomic E-state index is 11.8. The predicted octanol–water partition coefficient (Wildman–Crippen LogP) is 1.27. The summed E-state index contributed by atoms with van der Waals surface area (Å²) in [5, 5.41) is 7.75. The fraction of sp³-hybridized carbons (Fsp3) is 0.222. The normalized spacial score (nSPS) is 11.0. The summed E-state index contributed by atoms with van der Waals surface area (Å²) >= 11 is 0. The molecule has 7 nitrogen and oxygen atoms in total. The fourth-order valence-electron chi connectivity index (χ4n) is 2.18. The number of Topliss-reactive ketones (excluding diaryl/α,β-unsaturated/α-hetero) is 1. The average molecular weight is 376 g/mol. The molecule has 0 saturated carbocycles. The molecule has 0 saturated heterocycles. The van der Waals surface area contributed by atoms with Crippen LogP contribution < -0.4 is 15.2 Å². The largest absolute Gasteiger partial charge is 0.484 e. The summed E-state index contributed by atoms with van der Waals surface area (Å²) in [4.78, 5) is 23.0. The zero-order chi connectivity index (χ0) is 19.2. The van der Waals surface area contributed by atoms with E-state index < -0.39 is 10.0 Å². The number of hydrogen-bond donors (Lipinski definition) is 2. The Labute approximate surface area is 152 Å². The number of sulfonamides is 1. The van der Waals surface area contributed by atoms with Gasteiger partial charge in [0.05, 0.1) is 4.90 Å². The first-order chi connectivity index (χ1) is 12.3. The van der Waals surface area contributed by atoms with E-state index in [1.54, 1.807) is 36.4 Å². The third-order valence-corrected chi connectivity index (χ3v) is 4.55. The molecule has 2 rings (SSSR count). The van der Waals surface area contributed by atoms with Gasteiger partial charge in [0, 0.05) is 12.1 Å². The molecule has 0 heterocycles. The number of nitrogens with two attached hydrogens (primary N) is 1. The summed E-state index contributed by atoms with van der Waals surface area (Å²) in [7, 11) is -3.70. The van der Waals surface area contributed by atoms with E-state index >= 15 is 0 Å². The van der Waals surface area contributed by atoms with Crippen LogP contribution in [0, 0.1) is 0 Å². The van der Waals surface area contributed by atoms with Crippen LogP contribution >= 0.6 is 0 Å². The average Bonchev–Trinajstić information content (AvgIpc) is 2.60. The Bertz CT molecular complexity index is 875. The molecule has 0 radical (unpaired) electrons. The van der Waals surface area contributed by atoms with Crippen molar-refractivity contribution in [3.8, 4) is 5.75 Å². The van der Waals surface area contributed by atoms with Crippen molar-refractivity contribution >= 4 is 21.7 Å². The summed E-state index contributed by atoms with van der Waals surface area (Å²) in [6.07, 6.45) is 0.546. The first-order valence-corrected chi connectivity index (χ1v) is 9.42. The van der Waals surface area contributed by atoms with Crippen LogP contribution in [-0.2, 0) is 21.2 Å². The summed E-state index contributed by atoms with van der Waals surface area (Å²) < 4.78 is 27.7. The molecular weight excluding hydrogens is 356 g/mol. The highest BCUT2D eigenvalue weighted by Gasteiger charge is 2.07. The van der Waals surface area contributed by atoms with Crippen molar-refractivity contribution in [2.75, 3.05) is 13.2 Å². The Morgan fingerprint density at radius 1 is 1.04 bits per heavy atom. The maximum atomic E-state index is 11.8. The first kappa shape index (κ1) is 19.6. The molecule has 8 heteroatoms. The summed E-state index contributed by atoms with van der Waals surface area (Å²) in [5.41, 5.74) is 1.45. The number of primary sulfonamides is 1. The van der Waals surface area contributed by atoms with Gasteiger partial charge in [-0.2, -0.15) is 0 Å². The molecule has 2 aromatic carbocycles. The van der Waals surface area contributed by atoms with Gasteiger partial charge < -0.3 is 10.1 Å². The molecule has 0 unspecified atom stereocenters. The van der Waals surface area contributed by atoms with Gasteiger partial charge in [-0.1, -0.05) is 12.1 Å². The van der Waals surface area contributed by atoms with E-state index in [0.29, 0.717) is 24.3 Å². The van der Waals surface area contributed by atoms with Crippen LogP contribution in [0.4, 0.5) is 0 Å². The maximum Gasteiger partial charge on any atom is 0.257 e. The van der Waals surface area contributed by atoms with Gasteiger partial charge in [-0.3, -0.25) is 9.59 Å². The Balaban J connectivity index is 1.74. The molecule has 0 fully saturated rings. The molecule has 0 aliphatic carbocycles. The number of ketones is 1. The standard InChI is InChI=1S/C18H20N2O5S/c1-13(21)15-4-6-16(7-5-15)25-12-18(22)20-11-10-14-2-8-17(9-3-14)26(19,23)24/h2-9H,10-12H2,1H3,(H,20,22)(H2,19,23,24). The Kier molecular flexibility index (Phi) is 6.48. The van der Waals surface area contributed by atoms with Gasteiger partial charge >= 0.3 is 0 Å². The van der Waals surface area contributed by atoms with Gasteiger partial charge in [0.25, 0.3) is 5.91 Å². The summed E-state index contributed by atoms with van der Waals surface area (Å²) in [6.45, 7) is 1.73. The predicted molar refractivity (Wildman–Crippen MR) is 96.5 cm³/mol. The molecule has 3 N–H and O–H groups in total. The van der Waals surface area contributed by atoms with Gasteiger partial charge in [0.2, 0.25) is 10.0 Å². The van der Waals surface area contributed by atoms with Crippen molar-refractivity contribution in [2.24, 2.45) is 5.14 Å². The van der Waals surface area contributed by atoms with Crippen LogP contribution in [0.5, 0.6) is 5.75 Å². The quantitative estimate of drug-likeness (QED) is 0.673. The van der Waals surface area contributed by atoms with Crippen LogP contribution in [0.25, 0.3) is 0 Å². The van der Waals surface area contributed by atoms with Crippen molar-refractivity contribution in [1.29, 1.82) is 0 Å². The number of carbonyl (C=O) groups is 2. The third kappa shape index (κ3) is 5.98. The van der Waals surface area contributed by atoms with Gasteiger partial charge in [-0.25, -0.2) is 13.6 Å². The molecule has 0 spiro atoms. The lowest BCUT2D eigenvalue weighted by Gasteiger charge is -2.08. The van der Waals surface area contributed by atoms with E-state index in [1.807, 2.05) is 0 Å².